The molecule has 2 aromatic carbocycles. The van der Waals surface area contributed by atoms with Gasteiger partial charge >= 0.3 is 0 Å². The van der Waals surface area contributed by atoms with Crippen LogP contribution in [0.25, 0.3) is 0 Å². The highest BCUT2D eigenvalue weighted by molar-refractivity contribution is 9.10. The molecule has 5 heteroatoms. The molecule has 0 heterocycles. The van der Waals surface area contributed by atoms with Gasteiger partial charge in [0.15, 0.2) is 11.6 Å². The minimum Gasteiger partial charge on any atom is -0.293 e. The summed E-state index contributed by atoms with van der Waals surface area (Å²) in [5.74, 6) is -3.82. The van der Waals surface area contributed by atoms with E-state index in [9.17, 15) is 18.4 Å². The van der Waals surface area contributed by atoms with Crippen LogP contribution in [0.2, 0.25) is 0 Å². The molecule has 2 aromatic rings. The SMILES string of the molecule is O=C1c2ccccc2C(=O)C1c1cc(Br)c(F)cc1F. The Kier molecular flexibility index (Phi) is 3.01. The van der Waals surface area contributed by atoms with Gasteiger partial charge in [0.25, 0.3) is 0 Å². The van der Waals surface area contributed by atoms with Crippen molar-refractivity contribution in [1.82, 2.24) is 0 Å². The summed E-state index contributed by atoms with van der Waals surface area (Å²) in [4.78, 5) is 24.5. The Bertz CT molecular complexity index is 721. The second-order valence-electron chi connectivity index (χ2n) is 4.49. The predicted molar refractivity (Wildman–Crippen MR) is 71.9 cm³/mol. The first-order chi connectivity index (χ1) is 9.50. The number of fused-ring (bicyclic) bond motifs is 1. The summed E-state index contributed by atoms with van der Waals surface area (Å²) in [5, 5.41) is 0. The number of ketones is 2. The van der Waals surface area contributed by atoms with E-state index in [1.165, 1.54) is 12.1 Å². The molecule has 0 bridgehead atoms. The van der Waals surface area contributed by atoms with Crippen molar-refractivity contribution < 1.29 is 18.4 Å². The van der Waals surface area contributed by atoms with Crippen LogP contribution in [0.15, 0.2) is 40.9 Å². The summed E-state index contributed by atoms with van der Waals surface area (Å²) in [6.45, 7) is 0. The maximum atomic E-state index is 13.9. The van der Waals surface area contributed by atoms with Gasteiger partial charge in [0, 0.05) is 22.8 Å². The Morgan fingerprint density at radius 2 is 1.45 bits per heavy atom. The largest absolute Gasteiger partial charge is 0.293 e. The van der Waals surface area contributed by atoms with Gasteiger partial charge in [-0.2, -0.15) is 0 Å². The Morgan fingerprint density at radius 3 is 2.00 bits per heavy atom. The molecule has 1 aliphatic carbocycles. The highest BCUT2D eigenvalue weighted by Gasteiger charge is 2.40. The topological polar surface area (TPSA) is 34.1 Å². The fourth-order valence-corrected chi connectivity index (χ4v) is 2.75. The zero-order valence-electron chi connectivity index (χ0n) is 9.99. The molecule has 0 radical (unpaired) electrons. The highest BCUT2D eigenvalue weighted by atomic mass is 79.9. The van der Waals surface area contributed by atoms with E-state index in [0.29, 0.717) is 6.07 Å². The number of carbonyl (C=O) groups is 2. The second kappa shape index (κ2) is 4.59. The maximum Gasteiger partial charge on any atom is 0.178 e. The molecule has 0 spiro atoms. The Hall–Kier alpha value is -1.88. The van der Waals surface area contributed by atoms with Gasteiger partial charge in [0.05, 0.1) is 4.47 Å². The summed E-state index contributed by atoms with van der Waals surface area (Å²) >= 11 is 2.94. The molecule has 20 heavy (non-hydrogen) atoms. The monoisotopic (exact) mass is 336 g/mol. The Balaban J connectivity index is 2.17. The molecule has 0 N–H and O–H groups in total. The van der Waals surface area contributed by atoms with E-state index in [4.69, 9.17) is 0 Å². The summed E-state index contributed by atoms with van der Waals surface area (Å²) in [7, 11) is 0. The summed E-state index contributed by atoms with van der Waals surface area (Å²) < 4.78 is 27.2. The van der Waals surface area contributed by atoms with E-state index in [0.717, 1.165) is 6.07 Å². The van der Waals surface area contributed by atoms with Gasteiger partial charge in [-0.1, -0.05) is 24.3 Å². The first kappa shape index (κ1) is 13.1. The molecule has 0 amide bonds. The highest BCUT2D eigenvalue weighted by Crippen LogP contribution is 2.36. The average molecular weight is 337 g/mol. The molecule has 0 saturated heterocycles. The fraction of sp³-hybridized carbons (Fsp3) is 0.0667. The predicted octanol–water partition coefficient (Wildman–Crippen LogP) is 3.89. The molecule has 0 atom stereocenters. The zero-order valence-corrected chi connectivity index (χ0v) is 11.6. The molecule has 0 saturated carbocycles. The van der Waals surface area contributed by atoms with Crippen LogP contribution in [0.4, 0.5) is 8.78 Å². The van der Waals surface area contributed by atoms with Crippen LogP contribution in [0.3, 0.4) is 0 Å². The number of carbonyl (C=O) groups excluding carboxylic acids is 2. The molecule has 100 valence electrons. The van der Waals surface area contributed by atoms with Crippen molar-refractivity contribution in [2.75, 3.05) is 0 Å². The van der Waals surface area contributed by atoms with Gasteiger partial charge in [-0.3, -0.25) is 9.59 Å². The number of benzene rings is 2. The molecule has 2 nitrogen and oxygen atoms in total. The minimum atomic E-state index is -1.23. The number of hydrogen-bond donors (Lipinski definition) is 0. The maximum absolute atomic E-state index is 13.9. The average Bonchev–Trinajstić information content (AvgIpc) is 2.68. The third-order valence-corrected chi connectivity index (χ3v) is 3.94. The molecular formula is C15H7BrF2O2. The van der Waals surface area contributed by atoms with Crippen molar-refractivity contribution in [2.24, 2.45) is 0 Å². The lowest BCUT2D eigenvalue weighted by Crippen LogP contribution is -2.15. The van der Waals surface area contributed by atoms with Crippen LogP contribution >= 0.6 is 15.9 Å². The number of rotatable bonds is 1. The number of Topliss-reactive ketones (excluding diaryl/α,β-unsaturated/α-hetero) is 2. The quantitative estimate of drug-likeness (QED) is 0.584. The second-order valence-corrected chi connectivity index (χ2v) is 5.35. The Morgan fingerprint density at radius 1 is 0.900 bits per heavy atom. The van der Waals surface area contributed by atoms with Crippen molar-refractivity contribution in [3.8, 4) is 0 Å². The van der Waals surface area contributed by atoms with Crippen LogP contribution in [-0.2, 0) is 0 Å². The van der Waals surface area contributed by atoms with Crippen molar-refractivity contribution in [2.45, 2.75) is 5.92 Å². The van der Waals surface area contributed by atoms with Gasteiger partial charge in [-0.15, -0.1) is 0 Å². The number of hydrogen-bond acceptors (Lipinski definition) is 2. The molecule has 0 fully saturated rings. The van der Waals surface area contributed by atoms with Gasteiger partial charge in [-0.05, 0) is 22.0 Å². The van der Waals surface area contributed by atoms with Crippen molar-refractivity contribution >= 4 is 27.5 Å². The normalized spacial score (nSPS) is 14.8. The lowest BCUT2D eigenvalue weighted by molar-refractivity contribution is 0.0887. The van der Waals surface area contributed by atoms with Crippen molar-refractivity contribution in [1.29, 1.82) is 0 Å². The lowest BCUT2D eigenvalue weighted by atomic mass is 9.94. The van der Waals surface area contributed by atoms with E-state index in [2.05, 4.69) is 15.9 Å². The molecule has 0 aromatic heterocycles. The third kappa shape index (κ3) is 1.81. The van der Waals surface area contributed by atoms with Gasteiger partial charge < -0.3 is 0 Å². The first-order valence-electron chi connectivity index (χ1n) is 5.82. The Labute approximate surface area is 121 Å². The van der Waals surface area contributed by atoms with Crippen LogP contribution in [-0.4, -0.2) is 11.6 Å². The van der Waals surface area contributed by atoms with Gasteiger partial charge in [0.2, 0.25) is 0 Å². The molecule has 0 unspecified atom stereocenters. The van der Waals surface area contributed by atoms with E-state index in [1.807, 2.05) is 0 Å². The van der Waals surface area contributed by atoms with Crippen LogP contribution in [0, 0.1) is 11.6 Å². The van der Waals surface area contributed by atoms with Crippen molar-refractivity contribution in [3.05, 3.63) is 69.2 Å². The van der Waals surface area contributed by atoms with Gasteiger partial charge in [-0.25, -0.2) is 8.78 Å². The van der Waals surface area contributed by atoms with Gasteiger partial charge in [0.1, 0.15) is 17.6 Å². The fourth-order valence-electron chi connectivity index (χ4n) is 2.38. The lowest BCUT2D eigenvalue weighted by Gasteiger charge is -2.09. The van der Waals surface area contributed by atoms with E-state index in [-0.39, 0.29) is 21.2 Å². The van der Waals surface area contributed by atoms with Crippen LogP contribution < -0.4 is 0 Å². The van der Waals surface area contributed by atoms with Crippen molar-refractivity contribution in [3.63, 3.8) is 0 Å². The molecule has 0 aliphatic heterocycles. The van der Waals surface area contributed by atoms with E-state index >= 15 is 0 Å². The third-order valence-electron chi connectivity index (χ3n) is 3.33. The van der Waals surface area contributed by atoms with E-state index in [1.54, 1.807) is 12.1 Å². The molecule has 3 rings (SSSR count). The smallest absolute Gasteiger partial charge is 0.178 e. The van der Waals surface area contributed by atoms with Crippen LogP contribution in [0.1, 0.15) is 32.2 Å². The summed E-state index contributed by atoms with van der Waals surface area (Å²) in [5.41, 5.74) is 0.453. The number of halogens is 3. The van der Waals surface area contributed by atoms with E-state index < -0.39 is 29.1 Å². The standard InChI is InChI=1S/C15H7BrF2O2/c16-10-5-9(11(17)6-12(10)18)13-14(19)7-3-1-2-4-8(7)15(13)20/h1-6,13H. The molecular weight excluding hydrogens is 330 g/mol. The molecule has 1 aliphatic rings. The van der Waals surface area contributed by atoms with Crippen LogP contribution in [0.5, 0.6) is 0 Å². The first-order valence-corrected chi connectivity index (χ1v) is 6.62. The minimum absolute atomic E-state index is 0.0189. The zero-order chi connectivity index (χ0) is 14.4. The summed E-state index contributed by atoms with van der Waals surface area (Å²) in [6.07, 6.45) is 0. The summed E-state index contributed by atoms with van der Waals surface area (Å²) in [6, 6.07) is 8.17.